The number of aromatic nitrogens is 2. The smallest absolute Gasteiger partial charge is 0.223 e. The molecular weight excluding hydrogens is 262 g/mol. The molecule has 0 spiro atoms. The molecule has 112 valence electrons. The third-order valence-corrected chi connectivity index (χ3v) is 4.43. The van der Waals surface area contributed by atoms with Crippen LogP contribution < -0.4 is 5.32 Å². The Labute approximate surface area is 125 Å². The van der Waals surface area contributed by atoms with Crippen LogP contribution in [0.1, 0.15) is 37.9 Å². The predicted molar refractivity (Wildman–Crippen MR) is 84.1 cm³/mol. The zero-order chi connectivity index (χ0) is 14.7. The fourth-order valence-electron chi connectivity index (χ4n) is 3.26. The first-order valence-electron chi connectivity index (χ1n) is 7.95. The number of amides is 1. The van der Waals surface area contributed by atoms with Crippen LogP contribution in [-0.4, -0.2) is 22.0 Å². The van der Waals surface area contributed by atoms with Gasteiger partial charge in [-0.1, -0.05) is 25.0 Å². The Morgan fingerprint density at radius 2 is 2.10 bits per heavy atom. The number of carbonyl (C=O) groups is 1. The molecule has 1 aliphatic rings. The summed E-state index contributed by atoms with van der Waals surface area (Å²) in [6.45, 7) is 3.69. The predicted octanol–water partition coefficient (Wildman–Crippen LogP) is 3.04. The van der Waals surface area contributed by atoms with Crippen LogP contribution in [0.4, 0.5) is 0 Å². The van der Waals surface area contributed by atoms with E-state index in [9.17, 15) is 4.79 Å². The molecular formula is C17H23N3O. The average Bonchev–Trinajstić information content (AvgIpc) is 3.11. The van der Waals surface area contributed by atoms with Gasteiger partial charge in [-0.2, -0.15) is 0 Å². The molecule has 0 aliphatic heterocycles. The van der Waals surface area contributed by atoms with Crippen molar-refractivity contribution in [3.05, 3.63) is 30.1 Å². The Bertz CT molecular complexity index is 626. The highest BCUT2D eigenvalue weighted by atomic mass is 16.1. The fourth-order valence-corrected chi connectivity index (χ4v) is 3.26. The molecule has 3 rings (SSSR count). The molecule has 4 heteroatoms. The number of carbonyl (C=O) groups excluding carboxylic acids is 1. The molecule has 1 fully saturated rings. The zero-order valence-corrected chi connectivity index (χ0v) is 12.6. The number of hydrogen-bond acceptors (Lipinski definition) is 2. The Kier molecular flexibility index (Phi) is 4.23. The largest absolute Gasteiger partial charge is 0.356 e. The minimum Gasteiger partial charge on any atom is -0.356 e. The molecule has 1 aromatic carbocycles. The van der Waals surface area contributed by atoms with Gasteiger partial charge in [0, 0.05) is 19.0 Å². The lowest BCUT2D eigenvalue weighted by Crippen LogP contribution is -2.30. The lowest BCUT2D eigenvalue weighted by atomic mass is 10.1. The normalized spacial score (nSPS) is 15.7. The third kappa shape index (κ3) is 3.09. The number of para-hydroxylation sites is 2. The average molecular weight is 285 g/mol. The first-order valence-corrected chi connectivity index (χ1v) is 7.95. The fraction of sp³-hybridized carbons (Fsp3) is 0.529. The van der Waals surface area contributed by atoms with Crippen molar-refractivity contribution < 1.29 is 4.79 Å². The van der Waals surface area contributed by atoms with Crippen LogP contribution in [0.5, 0.6) is 0 Å². The number of hydrogen-bond donors (Lipinski definition) is 1. The highest BCUT2D eigenvalue weighted by Crippen LogP contribution is 2.24. The molecule has 4 nitrogen and oxygen atoms in total. The van der Waals surface area contributed by atoms with E-state index in [0.29, 0.717) is 0 Å². The summed E-state index contributed by atoms with van der Waals surface area (Å²) in [6.07, 6.45) is 5.49. The molecule has 1 heterocycles. The Morgan fingerprint density at radius 3 is 2.90 bits per heavy atom. The van der Waals surface area contributed by atoms with E-state index in [1.165, 1.54) is 18.4 Å². The van der Waals surface area contributed by atoms with E-state index in [0.717, 1.165) is 43.7 Å². The van der Waals surface area contributed by atoms with Gasteiger partial charge in [0.1, 0.15) is 5.82 Å². The van der Waals surface area contributed by atoms with Crippen molar-refractivity contribution in [1.82, 2.24) is 14.9 Å². The standard InChI is InChI=1S/C17H23N3O/c1-13-19-15-9-4-5-10-16(15)20(13)12-6-11-18-17(21)14-7-2-3-8-14/h4-5,9-10,14H,2-3,6-8,11-12H2,1H3,(H,18,21). The zero-order valence-electron chi connectivity index (χ0n) is 12.6. The van der Waals surface area contributed by atoms with Gasteiger partial charge in [0.15, 0.2) is 0 Å². The maximum Gasteiger partial charge on any atom is 0.223 e. The summed E-state index contributed by atoms with van der Waals surface area (Å²) in [5.74, 6) is 1.55. The van der Waals surface area contributed by atoms with E-state index < -0.39 is 0 Å². The summed E-state index contributed by atoms with van der Waals surface area (Å²) in [5.41, 5.74) is 2.22. The van der Waals surface area contributed by atoms with E-state index in [1.807, 2.05) is 25.1 Å². The minimum atomic E-state index is 0.250. The molecule has 1 saturated carbocycles. The van der Waals surface area contributed by atoms with Crippen molar-refractivity contribution >= 4 is 16.9 Å². The summed E-state index contributed by atoms with van der Waals surface area (Å²) in [5, 5.41) is 3.08. The van der Waals surface area contributed by atoms with Gasteiger partial charge in [0.2, 0.25) is 5.91 Å². The summed E-state index contributed by atoms with van der Waals surface area (Å²) in [6, 6.07) is 8.20. The van der Waals surface area contributed by atoms with Crippen LogP contribution in [0.25, 0.3) is 11.0 Å². The topological polar surface area (TPSA) is 46.9 Å². The molecule has 2 aromatic rings. The highest BCUT2D eigenvalue weighted by Gasteiger charge is 2.21. The second-order valence-electron chi connectivity index (χ2n) is 5.93. The number of benzene rings is 1. The molecule has 1 amide bonds. The first-order chi connectivity index (χ1) is 10.3. The van der Waals surface area contributed by atoms with Gasteiger partial charge in [-0.25, -0.2) is 4.98 Å². The van der Waals surface area contributed by atoms with Gasteiger partial charge in [-0.3, -0.25) is 4.79 Å². The van der Waals surface area contributed by atoms with Crippen LogP contribution in [0, 0.1) is 12.8 Å². The van der Waals surface area contributed by atoms with Gasteiger partial charge >= 0.3 is 0 Å². The van der Waals surface area contributed by atoms with Gasteiger partial charge < -0.3 is 9.88 Å². The first kappa shape index (κ1) is 14.1. The van der Waals surface area contributed by atoms with Crippen LogP contribution in [0.3, 0.4) is 0 Å². The van der Waals surface area contributed by atoms with Crippen molar-refractivity contribution in [1.29, 1.82) is 0 Å². The SMILES string of the molecule is Cc1nc2ccccc2n1CCCNC(=O)C1CCCC1. The number of aryl methyl sites for hydroxylation is 2. The molecule has 0 bridgehead atoms. The van der Waals surface area contributed by atoms with E-state index >= 15 is 0 Å². The Morgan fingerprint density at radius 1 is 1.33 bits per heavy atom. The summed E-state index contributed by atoms with van der Waals surface area (Å²) < 4.78 is 2.23. The molecule has 0 saturated heterocycles. The Balaban J connectivity index is 1.52. The monoisotopic (exact) mass is 285 g/mol. The van der Waals surface area contributed by atoms with E-state index in [4.69, 9.17) is 0 Å². The quantitative estimate of drug-likeness (QED) is 0.858. The van der Waals surface area contributed by atoms with Crippen LogP contribution >= 0.6 is 0 Å². The maximum absolute atomic E-state index is 12.0. The molecule has 1 aromatic heterocycles. The number of imidazole rings is 1. The molecule has 21 heavy (non-hydrogen) atoms. The second kappa shape index (κ2) is 6.29. The van der Waals surface area contributed by atoms with Gasteiger partial charge in [-0.05, 0) is 38.3 Å². The van der Waals surface area contributed by atoms with Gasteiger partial charge in [0.05, 0.1) is 11.0 Å². The summed E-state index contributed by atoms with van der Waals surface area (Å²) in [7, 11) is 0. The van der Waals surface area contributed by atoms with Gasteiger partial charge in [0.25, 0.3) is 0 Å². The maximum atomic E-state index is 12.0. The van der Waals surface area contributed by atoms with Crippen molar-refractivity contribution in [2.45, 2.75) is 45.6 Å². The van der Waals surface area contributed by atoms with Crippen molar-refractivity contribution in [3.63, 3.8) is 0 Å². The highest BCUT2D eigenvalue weighted by molar-refractivity contribution is 5.78. The minimum absolute atomic E-state index is 0.250. The second-order valence-corrected chi connectivity index (χ2v) is 5.93. The molecule has 1 aliphatic carbocycles. The molecule has 1 N–H and O–H groups in total. The van der Waals surface area contributed by atoms with Crippen LogP contribution in [0.2, 0.25) is 0 Å². The number of fused-ring (bicyclic) bond motifs is 1. The van der Waals surface area contributed by atoms with Gasteiger partial charge in [-0.15, -0.1) is 0 Å². The number of rotatable bonds is 5. The molecule has 0 atom stereocenters. The number of nitrogens with zero attached hydrogens (tertiary/aromatic N) is 2. The lowest BCUT2D eigenvalue weighted by Gasteiger charge is -2.11. The Hall–Kier alpha value is -1.84. The molecule has 0 radical (unpaired) electrons. The lowest BCUT2D eigenvalue weighted by molar-refractivity contribution is -0.124. The van der Waals surface area contributed by atoms with Crippen molar-refractivity contribution in [2.75, 3.05) is 6.54 Å². The number of nitrogens with one attached hydrogen (secondary N) is 1. The summed E-state index contributed by atoms with van der Waals surface area (Å²) >= 11 is 0. The van der Waals surface area contributed by atoms with Crippen LogP contribution in [-0.2, 0) is 11.3 Å². The van der Waals surface area contributed by atoms with Crippen LogP contribution in [0.15, 0.2) is 24.3 Å². The third-order valence-electron chi connectivity index (χ3n) is 4.43. The van der Waals surface area contributed by atoms with Crippen molar-refractivity contribution in [3.8, 4) is 0 Å². The molecule has 0 unspecified atom stereocenters. The summed E-state index contributed by atoms with van der Waals surface area (Å²) in [4.78, 5) is 16.5. The van der Waals surface area contributed by atoms with Crippen molar-refractivity contribution in [2.24, 2.45) is 5.92 Å². The van der Waals surface area contributed by atoms with E-state index in [1.54, 1.807) is 0 Å². The van der Waals surface area contributed by atoms with E-state index in [2.05, 4.69) is 20.9 Å². The van der Waals surface area contributed by atoms with E-state index in [-0.39, 0.29) is 11.8 Å².